The molecule has 0 spiro atoms. The quantitative estimate of drug-likeness (QED) is 0.336. The molecule has 0 bridgehead atoms. The van der Waals surface area contributed by atoms with E-state index in [9.17, 15) is 9.59 Å². The largest absolute Gasteiger partial charge is 0.462 e. The summed E-state index contributed by atoms with van der Waals surface area (Å²) in [5.41, 5.74) is 3.63. The van der Waals surface area contributed by atoms with E-state index in [0.717, 1.165) is 43.4 Å². The van der Waals surface area contributed by atoms with Crippen molar-refractivity contribution in [2.75, 3.05) is 17.7 Å². The zero-order valence-corrected chi connectivity index (χ0v) is 21.3. The summed E-state index contributed by atoms with van der Waals surface area (Å²) in [6.07, 6.45) is 4.91. The van der Waals surface area contributed by atoms with Crippen LogP contribution in [0.25, 0.3) is 5.69 Å². The standard InChI is InChI=1S/C24H29N5O3S2/c1-4-15-7-10-17(11-8-15)29-24(26-27-28-29)33-14-20(30)25-22-21(23(31)32-6-3)18-12-9-16(5-2)13-19(18)34-22/h7-8,10-11,16H,4-6,9,12-14H2,1-3H3,(H,25,30). The number of thioether (sulfide) groups is 1. The second kappa shape index (κ2) is 11.1. The molecule has 0 radical (unpaired) electrons. The van der Waals surface area contributed by atoms with Crippen molar-refractivity contribution < 1.29 is 14.3 Å². The Bertz CT molecular complexity index is 1160. The van der Waals surface area contributed by atoms with Gasteiger partial charge in [0.1, 0.15) is 5.00 Å². The van der Waals surface area contributed by atoms with E-state index in [-0.39, 0.29) is 17.6 Å². The molecule has 1 atom stereocenters. The number of benzene rings is 1. The number of anilines is 1. The molecule has 3 aromatic rings. The summed E-state index contributed by atoms with van der Waals surface area (Å²) in [7, 11) is 0. The molecule has 0 aliphatic heterocycles. The highest BCUT2D eigenvalue weighted by atomic mass is 32.2. The molecule has 180 valence electrons. The van der Waals surface area contributed by atoms with Crippen LogP contribution in [0.2, 0.25) is 0 Å². The Kier molecular flexibility index (Phi) is 7.99. The summed E-state index contributed by atoms with van der Waals surface area (Å²) < 4.78 is 6.93. The number of aryl methyl sites for hydroxylation is 1. The molecule has 0 saturated heterocycles. The van der Waals surface area contributed by atoms with Gasteiger partial charge in [0.15, 0.2) is 0 Å². The number of ether oxygens (including phenoxy) is 1. The van der Waals surface area contributed by atoms with Crippen LogP contribution in [0.3, 0.4) is 0 Å². The smallest absolute Gasteiger partial charge is 0.341 e. The maximum Gasteiger partial charge on any atom is 0.341 e. The fraction of sp³-hybridized carbons (Fsp3) is 0.458. The van der Waals surface area contributed by atoms with Gasteiger partial charge in [0, 0.05) is 4.88 Å². The molecular weight excluding hydrogens is 470 g/mol. The molecule has 8 nitrogen and oxygen atoms in total. The monoisotopic (exact) mass is 499 g/mol. The predicted octanol–water partition coefficient (Wildman–Crippen LogP) is 4.71. The molecule has 1 aliphatic rings. The van der Waals surface area contributed by atoms with Crippen LogP contribution < -0.4 is 5.32 Å². The zero-order chi connectivity index (χ0) is 24.1. The van der Waals surface area contributed by atoms with E-state index in [1.54, 1.807) is 11.6 Å². The first-order valence-electron chi connectivity index (χ1n) is 11.7. The lowest BCUT2D eigenvalue weighted by Gasteiger charge is -2.20. The van der Waals surface area contributed by atoms with Gasteiger partial charge >= 0.3 is 5.97 Å². The average Bonchev–Trinajstić information content (AvgIpc) is 3.46. The molecule has 1 aliphatic carbocycles. The van der Waals surface area contributed by atoms with Crippen molar-refractivity contribution in [1.29, 1.82) is 0 Å². The number of carbonyl (C=O) groups is 2. The van der Waals surface area contributed by atoms with Crippen molar-refractivity contribution in [3.05, 3.63) is 45.8 Å². The predicted molar refractivity (Wildman–Crippen MR) is 134 cm³/mol. The SMILES string of the molecule is CCOC(=O)c1c(NC(=O)CSc2nnnn2-c2ccc(CC)cc2)sc2c1CCC(CC)C2. The molecule has 2 heterocycles. The number of fused-ring (bicyclic) bond motifs is 1. The Morgan fingerprint density at radius 1 is 1.24 bits per heavy atom. The van der Waals surface area contributed by atoms with Crippen LogP contribution in [-0.2, 0) is 28.8 Å². The lowest BCUT2D eigenvalue weighted by molar-refractivity contribution is -0.113. The summed E-state index contributed by atoms with van der Waals surface area (Å²) in [6.45, 7) is 6.39. The third kappa shape index (κ3) is 5.33. The highest BCUT2D eigenvalue weighted by Crippen LogP contribution is 2.41. The average molecular weight is 500 g/mol. The third-order valence-corrected chi connectivity index (χ3v) is 8.13. The van der Waals surface area contributed by atoms with Crippen LogP contribution in [0.4, 0.5) is 5.00 Å². The molecule has 0 fully saturated rings. The highest BCUT2D eigenvalue weighted by Gasteiger charge is 2.30. The molecule has 1 amide bonds. The topological polar surface area (TPSA) is 99.0 Å². The maximum absolute atomic E-state index is 12.8. The van der Waals surface area contributed by atoms with E-state index in [0.29, 0.717) is 28.2 Å². The molecule has 34 heavy (non-hydrogen) atoms. The van der Waals surface area contributed by atoms with Crippen molar-refractivity contribution in [3.8, 4) is 5.69 Å². The number of aromatic nitrogens is 4. The fourth-order valence-electron chi connectivity index (χ4n) is 4.11. The lowest BCUT2D eigenvalue weighted by Crippen LogP contribution is -2.18. The van der Waals surface area contributed by atoms with E-state index in [1.165, 1.54) is 33.5 Å². The van der Waals surface area contributed by atoms with Crippen LogP contribution in [0.1, 0.15) is 60.0 Å². The number of carbonyl (C=O) groups excluding carboxylic acids is 2. The van der Waals surface area contributed by atoms with E-state index in [1.807, 2.05) is 24.3 Å². The fourth-order valence-corrected chi connectivity index (χ4v) is 6.16. The van der Waals surface area contributed by atoms with E-state index < -0.39 is 0 Å². The Balaban J connectivity index is 1.47. The summed E-state index contributed by atoms with van der Waals surface area (Å²) >= 11 is 2.76. The van der Waals surface area contributed by atoms with Crippen LogP contribution in [0.15, 0.2) is 29.4 Å². The van der Waals surface area contributed by atoms with Gasteiger partial charge in [0.05, 0.1) is 23.6 Å². The summed E-state index contributed by atoms with van der Waals surface area (Å²) in [5.74, 6) is 0.163. The molecular formula is C24H29N5O3S2. The Morgan fingerprint density at radius 2 is 2.03 bits per heavy atom. The number of esters is 1. The summed E-state index contributed by atoms with van der Waals surface area (Å²) in [6, 6.07) is 8.00. The molecule has 10 heteroatoms. The molecule has 0 saturated carbocycles. The van der Waals surface area contributed by atoms with Crippen LogP contribution in [0, 0.1) is 5.92 Å². The zero-order valence-electron chi connectivity index (χ0n) is 19.7. The van der Waals surface area contributed by atoms with Crippen molar-refractivity contribution >= 4 is 40.0 Å². The Morgan fingerprint density at radius 3 is 2.74 bits per heavy atom. The van der Waals surface area contributed by atoms with Crippen molar-refractivity contribution in [1.82, 2.24) is 20.2 Å². The van der Waals surface area contributed by atoms with E-state index in [2.05, 4.69) is 34.7 Å². The minimum atomic E-state index is -0.364. The number of nitrogens with one attached hydrogen (secondary N) is 1. The second-order valence-corrected chi connectivity index (χ2v) is 10.2. The number of tetrazole rings is 1. The Labute approximate surface area is 207 Å². The first kappa shape index (κ1) is 24.4. The normalized spacial score (nSPS) is 15.1. The van der Waals surface area contributed by atoms with Gasteiger partial charge in [-0.25, -0.2) is 4.79 Å². The summed E-state index contributed by atoms with van der Waals surface area (Å²) in [5, 5.41) is 16.0. The van der Waals surface area contributed by atoms with E-state index >= 15 is 0 Å². The number of rotatable bonds is 9. The van der Waals surface area contributed by atoms with Crippen molar-refractivity contribution in [2.45, 2.75) is 58.0 Å². The van der Waals surface area contributed by atoms with Crippen LogP contribution in [0.5, 0.6) is 0 Å². The van der Waals surface area contributed by atoms with Gasteiger partial charge in [-0.3, -0.25) is 4.79 Å². The highest BCUT2D eigenvalue weighted by molar-refractivity contribution is 7.99. The Hall–Kier alpha value is -2.72. The molecule has 2 aromatic heterocycles. The van der Waals surface area contributed by atoms with Gasteiger partial charge in [-0.1, -0.05) is 44.2 Å². The van der Waals surface area contributed by atoms with Crippen molar-refractivity contribution in [3.63, 3.8) is 0 Å². The molecule has 4 rings (SSSR count). The molecule has 1 N–H and O–H groups in total. The minimum Gasteiger partial charge on any atom is -0.462 e. The second-order valence-electron chi connectivity index (χ2n) is 8.18. The number of hydrogen-bond acceptors (Lipinski definition) is 8. The van der Waals surface area contributed by atoms with Gasteiger partial charge in [0.25, 0.3) is 0 Å². The number of hydrogen-bond donors (Lipinski definition) is 1. The van der Waals surface area contributed by atoms with Gasteiger partial charge in [-0.2, -0.15) is 4.68 Å². The summed E-state index contributed by atoms with van der Waals surface area (Å²) in [4.78, 5) is 26.8. The van der Waals surface area contributed by atoms with Crippen LogP contribution >= 0.6 is 23.1 Å². The van der Waals surface area contributed by atoms with E-state index in [4.69, 9.17) is 4.74 Å². The van der Waals surface area contributed by atoms with Gasteiger partial charge < -0.3 is 10.1 Å². The first-order chi connectivity index (χ1) is 16.5. The number of nitrogens with zero attached hydrogens (tertiary/aromatic N) is 4. The van der Waals surface area contributed by atoms with Crippen molar-refractivity contribution in [2.24, 2.45) is 5.92 Å². The third-order valence-electron chi connectivity index (χ3n) is 6.04. The van der Waals surface area contributed by atoms with Gasteiger partial charge in [-0.15, -0.1) is 16.4 Å². The minimum absolute atomic E-state index is 0.121. The first-order valence-corrected chi connectivity index (χ1v) is 13.5. The lowest BCUT2D eigenvalue weighted by atomic mass is 9.85. The number of thiophene rings is 1. The maximum atomic E-state index is 12.8. The van der Waals surface area contributed by atoms with Gasteiger partial charge in [-0.05, 0) is 72.2 Å². The van der Waals surface area contributed by atoms with Crippen LogP contribution in [-0.4, -0.2) is 44.4 Å². The molecule has 1 unspecified atom stereocenters. The van der Waals surface area contributed by atoms with Gasteiger partial charge in [0.2, 0.25) is 11.1 Å². The molecule has 1 aromatic carbocycles. The number of amides is 1.